The third kappa shape index (κ3) is 2.01. The van der Waals surface area contributed by atoms with Crippen molar-refractivity contribution in [2.24, 2.45) is 5.73 Å². The van der Waals surface area contributed by atoms with E-state index in [0.717, 1.165) is 5.56 Å². The summed E-state index contributed by atoms with van der Waals surface area (Å²) in [4.78, 5) is 8.16. The summed E-state index contributed by atoms with van der Waals surface area (Å²) in [6.07, 6.45) is 1.62. The van der Waals surface area contributed by atoms with Crippen LogP contribution in [0.2, 0.25) is 0 Å². The van der Waals surface area contributed by atoms with Crippen LogP contribution in [-0.2, 0) is 0 Å². The fourth-order valence-corrected chi connectivity index (χ4v) is 1.20. The molecule has 0 aliphatic heterocycles. The molecule has 0 saturated carbocycles. The summed E-state index contributed by atoms with van der Waals surface area (Å²) in [7, 11) is 1.55. The number of rotatable bonds is 3. The minimum absolute atomic E-state index is 0.273. The van der Waals surface area contributed by atoms with E-state index in [9.17, 15) is 0 Å². The first kappa shape index (κ1) is 10.6. The first-order chi connectivity index (χ1) is 7.70. The highest BCUT2D eigenvalue weighted by atomic mass is 16.5. The SMILES string of the molecule is COc1cc(-c2noc([C@H](C)N)n2)ccn1. The van der Waals surface area contributed by atoms with Crippen LogP contribution < -0.4 is 10.5 Å². The Morgan fingerprint density at radius 1 is 1.50 bits per heavy atom. The van der Waals surface area contributed by atoms with Gasteiger partial charge in [-0.3, -0.25) is 0 Å². The van der Waals surface area contributed by atoms with Gasteiger partial charge in [-0.1, -0.05) is 5.16 Å². The second-order valence-electron chi connectivity index (χ2n) is 3.33. The highest BCUT2D eigenvalue weighted by Gasteiger charge is 2.12. The van der Waals surface area contributed by atoms with E-state index in [4.69, 9.17) is 15.0 Å². The largest absolute Gasteiger partial charge is 0.481 e. The van der Waals surface area contributed by atoms with Crippen LogP contribution in [0, 0.1) is 0 Å². The maximum Gasteiger partial charge on any atom is 0.243 e. The number of hydrogen-bond donors (Lipinski definition) is 1. The number of pyridine rings is 1. The summed E-state index contributed by atoms with van der Waals surface area (Å²) >= 11 is 0. The lowest BCUT2D eigenvalue weighted by Gasteiger charge is -1.98. The van der Waals surface area contributed by atoms with Crippen LogP contribution in [0.25, 0.3) is 11.4 Å². The van der Waals surface area contributed by atoms with Crippen molar-refractivity contribution in [1.82, 2.24) is 15.1 Å². The van der Waals surface area contributed by atoms with Gasteiger partial charge in [0.15, 0.2) is 0 Å². The molecule has 0 aliphatic carbocycles. The Bertz CT molecular complexity index is 481. The third-order valence-corrected chi connectivity index (χ3v) is 2.03. The lowest BCUT2D eigenvalue weighted by atomic mass is 10.2. The zero-order valence-electron chi connectivity index (χ0n) is 9.04. The molecule has 0 fully saturated rings. The smallest absolute Gasteiger partial charge is 0.243 e. The normalized spacial score (nSPS) is 12.4. The van der Waals surface area contributed by atoms with Gasteiger partial charge in [-0.25, -0.2) is 4.98 Å². The van der Waals surface area contributed by atoms with Crippen molar-refractivity contribution >= 4 is 0 Å². The van der Waals surface area contributed by atoms with E-state index in [-0.39, 0.29) is 6.04 Å². The molecule has 16 heavy (non-hydrogen) atoms. The first-order valence-corrected chi connectivity index (χ1v) is 4.80. The van der Waals surface area contributed by atoms with Crippen LogP contribution in [0.1, 0.15) is 18.9 Å². The average Bonchev–Trinajstić information content (AvgIpc) is 2.78. The van der Waals surface area contributed by atoms with Gasteiger partial charge in [0.05, 0.1) is 13.2 Å². The summed E-state index contributed by atoms with van der Waals surface area (Å²) in [5.74, 6) is 1.39. The molecule has 0 radical (unpaired) electrons. The molecule has 2 N–H and O–H groups in total. The minimum Gasteiger partial charge on any atom is -0.481 e. The van der Waals surface area contributed by atoms with E-state index in [1.807, 2.05) is 0 Å². The number of aromatic nitrogens is 3. The maximum atomic E-state index is 5.63. The van der Waals surface area contributed by atoms with Crippen LogP contribution in [0.4, 0.5) is 0 Å². The van der Waals surface area contributed by atoms with Gasteiger partial charge in [0.1, 0.15) is 0 Å². The van der Waals surface area contributed by atoms with Crippen LogP contribution in [-0.4, -0.2) is 22.2 Å². The molecule has 0 aliphatic rings. The summed E-state index contributed by atoms with van der Waals surface area (Å²) in [6, 6.07) is 3.23. The molecular formula is C10H12N4O2. The Morgan fingerprint density at radius 2 is 2.31 bits per heavy atom. The quantitative estimate of drug-likeness (QED) is 0.835. The Morgan fingerprint density at radius 3 is 2.94 bits per heavy atom. The molecule has 0 aromatic carbocycles. The molecule has 6 nitrogen and oxygen atoms in total. The zero-order valence-corrected chi connectivity index (χ0v) is 9.04. The Labute approximate surface area is 92.4 Å². The van der Waals surface area contributed by atoms with Crippen molar-refractivity contribution in [3.8, 4) is 17.3 Å². The van der Waals surface area contributed by atoms with Gasteiger partial charge in [-0.2, -0.15) is 4.98 Å². The molecule has 2 heterocycles. The Hall–Kier alpha value is -1.95. The van der Waals surface area contributed by atoms with E-state index < -0.39 is 0 Å². The average molecular weight is 220 g/mol. The van der Waals surface area contributed by atoms with Gasteiger partial charge in [-0.15, -0.1) is 0 Å². The molecule has 2 aromatic rings. The van der Waals surface area contributed by atoms with Crippen molar-refractivity contribution in [3.63, 3.8) is 0 Å². The first-order valence-electron chi connectivity index (χ1n) is 4.80. The van der Waals surface area contributed by atoms with E-state index in [2.05, 4.69) is 15.1 Å². The number of nitrogens with zero attached hydrogens (tertiary/aromatic N) is 3. The van der Waals surface area contributed by atoms with Crippen molar-refractivity contribution in [2.45, 2.75) is 13.0 Å². The molecule has 0 bridgehead atoms. The molecule has 2 rings (SSSR count). The molecule has 0 unspecified atom stereocenters. The molecule has 0 amide bonds. The van der Waals surface area contributed by atoms with Crippen molar-refractivity contribution in [2.75, 3.05) is 7.11 Å². The molecule has 84 valence electrons. The highest BCUT2D eigenvalue weighted by Crippen LogP contribution is 2.20. The summed E-state index contributed by atoms with van der Waals surface area (Å²) in [5, 5.41) is 3.83. The van der Waals surface area contributed by atoms with Crippen LogP contribution in [0.5, 0.6) is 5.88 Å². The number of nitrogens with two attached hydrogens (primary N) is 1. The van der Waals surface area contributed by atoms with Crippen molar-refractivity contribution < 1.29 is 9.26 Å². The van der Waals surface area contributed by atoms with E-state index in [0.29, 0.717) is 17.6 Å². The molecule has 2 aromatic heterocycles. The van der Waals surface area contributed by atoms with Crippen LogP contribution in [0.15, 0.2) is 22.9 Å². The standard InChI is InChI=1S/C10H12N4O2/c1-6(11)10-13-9(14-16-10)7-3-4-12-8(5-7)15-2/h3-6H,11H2,1-2H3/t6-/m0/s1. The topological polar surface area (TPSA) is 87.1 Å². The summed E-state index contributed by atoms with van der Waals surface area (Å²) in [5.41, 5.74) is 6.41. The molecule has 6 heteroatoms. The van der Waals surface area contributed by atoms with E-state index >= 15 is 0 Å². The lowest BCUT2D eigenvalue weighted by molar-refractivity contribution is 0.362. The van der Waals surface area contributed by atoms with Gasteiger partial charge in [0.25, 0.3) is 0 Å². The Balaban J connectivity index is 2.34. The van der Waals surface area contributed by atoms with Crippen molar-refractivity contribution in [3.05, 3.63) is 24.2 Å². The van der Waals surface area contributed by atoms with Gasteiger partial charge >= 0.3 is 0 Å². The fraction of sp³-hybridized carbons (Fsp3) is 0.300. The van der Waals surface area contributed by atoms with Gasteiger partial charge in [0, 0.05) is 17.8 Å². The van der Waals surface area contributed by atoms with Gasteiger partial charge in [0.2, 0.25) is 17.6 Å². The number of hydrogen-bond acceptors (Lipinski definition) is 6. The van der Waals surface area contributed by atoms with Gasteiger partial charge < -0.3 is 15.0 Å². The van der Waals surface area contributed by atoms with Crippen LogP contribution in [0.3, 0.4) is 0 Å². The molecule has 1 atom stereocenters. The lowest BCUT2D eigenvalue weighted by Crippen LogP contribution is -2.04. The fourth-order valence-electron chi connectivity index (χ4n) is 1.20. The predicted molar refractivity (Wildman–Crippen MR) is 56.7 cm³/mol. The second-order valence-corrected chi connectivity index (χ2v) is 3.33. The van der Waals surface area contributed by atoms with Gasteiger partial charge in [-0.05, 0) is 13.0 Å². The number of ether oxygens (including phenoxy) is 1. The molecule has 0 saturated heterocycles. The predicted octanol–water partition coefficient (Wildman–Crippen LogP) is 1.16. The summed E-state index contributed by atoms with van der Waals surface area (Å²) < 4.78 is 10.0. The molecular weight excluding hydrogens is 208 g/mol. The van der Waals surface area contributed by atoms with E-state index in [1.165, 1.54) is 0 Å². The minimum atomic E-state index is -0.273. The second kappa shape index (κ2) is 4.28. The maximum absolute atomic E-state index is 5.63. The monoisotopic (exact) mass is 220 g/mol. The summed E-state index contributed by atoms with van der Waals surface area (Å²) in [6.45, 7) is 1.78. The zero-order chi connectivity index (χ0) is 11.5. The van der Waals surface area contributed by atoms with Crippen LogP contribution >= 0.6 is 0 Å². The highest BCUT2D eigenvalue weighted by molar-refractivity contribution is 5.55. The molecule has 0 spiro atoms. The number of methoxy groups -OCH3 is 1. The Kier molecular flexibility index (Phi) is 2.82. The van der Waals surface area contributed by atoms with E-state index in [1.54, 1.807) is 32.4 Å². The third-order valence-electron chi connectivity index (χ3n) is 2.03. The van der Waals surface area contributed by atoms with Crippen molar-refractivity contribution in [1.29, 1.82) is 0 Å².